The summed E-state index contributed by atoms with van der Waals surface area (Å²) in [5, 5.41) is 10.7. The second kappa shape index (κ2) is 20.3. The Labute approximate surface area is 228 Å². The van der Waals surface area contributed by atoms with E-state index in [1.54, 1.807) is 0 Å². The van der Waals surface area contributed by atoms with E-state index in [9.17, 15) is 9.90 Å². The Balaban J connectivity index is 1.63. The van der Waals surface area contributed by atoms with Crippen molar-refractivity contribution >= 4 is 5.97 Å². The van der Waals surface area contributed by atoms with Crippen LogP contribution in [0, 0.1) is 0 Å². The van der Waals surface area contributed by atoms with Crippen LogP contribution >= 0.6 is 0 Å². The zero-order valence-corrected chi connectivity index (χ0v) is 24.6. The lowest BCUT2D eigenvalue weighted by Crippen LogP contribution is -2.34. The van der Waals surface area contributed by atoms with Crippen LogP contribution in [0.2, 0.25) is 0 Å². The van der Waals surface area contributed by atoms with Crippen molar-refractivity contribution in [2.45, 2.75) is 199 Å². The Morgan fingerprint density at radius 1 is 0.676 bits per heavy atom. The molecule has 0 saturated carbocycles. The van der Waals surface area contributed by atoms with Crippen LogP contribution in [0.5, 0.6) is 0 Å². The minimum atomic E-state index is -0.363. The van der Waals surface area contributed by atoms with E-state index in [0.29, 0.717) is 0 Å². The number of hydrogen-bond donors (Lipinski definition) is 1. The van der Waals surface area contributed by atoms with Gasteiger partial charge in [0.05, 0.1) is 30.5 Å². The molecule has 2 fully saturated rings. The van der Waals surface area contributed by atoms with E-state index in [4.69, 9.17) is 14.2 Å². The van der Waals surface area contributed by atoms with Crippen molar-refractivity contribution in [3.63, 3.8) is 0 Å². The van der Waals surface area contributed by atoms with Gasteiger partial charge in [-0.15, -0.1) is 0 Å². The SMILES string of the molecule is CCCCCCCCCC[C@@H](O)[C@H]1CC[C@H]([C@H]2CC[C@H]([C@@H](CCCCCCCCCC)OC(C)=O)O2)O1. The smallest absolute Gasteiger partial charge is 0.302 e. The van der Waals surface area contributed by atoms with Crippen LogP contribution in [0.3, 0.4) is 0 Å². The summed E-state index contributed by atoms with van der Waals surface area (Å²) in [6.45, 7) is 6.02. The topological polar surface area (TPSA) is 65.0 Å². The molecule has 0 amide bonds. The van der Waals surface area contributed by atoms with E-state index in [1.165, 1.54) is 96.8 Å². The molecule has 0 aromatic carbocycles. The highest BCUT2D eigenvalue weighted by molar-refractivity contribution is 5.66. The summed E-state index contributed by atoms with van der Waals surface area (Å²) in [7, 11) is 0. The average Bonchev–Trinajstić information content (AvgIpc) is 3.56. The first-order valence-corrected chi connectivity index (χ1v) is 16.2. The normalized spacial score (nSPS) is 25.4. The molecule has 0 aromatic heterocycles. The van der Waals surface area contributed by atoms with Gasteiger partial charge in [-0.2, -0.15) is 0 Å². The summed E-state index contributed by atoms with van der Waals surface area (Å²) >= 11 is 0. The predicted octanol–water partition coefficient (Wildman–Crippen LogP) is 8.44. The van der Waals surface area contributed by atoms with Crippen molar-refractivity contribution in [3.8, 4) is 0 Å². The van der Waals surface area contributed by atoms with Gasteiger partial charge in [-0.1, -0.05) is 110 Å². The molecule has 0 radical (unpaired) electrons. The van der Waals surface area contributed by atoms with Crippen molar-refractivity contribution in [2.75, 3.05) is 0 Å². The summed E-state index contributed by atoms with van der Waals surface area (Å²) in [5.74, 6) is -0.210. The van der Waals surface area contributed by atoms with Crippen LogP contribution in [0.15, 0.2) is 0 Å². The average molecular weight is 525 g/mol. The van der Waals surface area contributed by atoms with Crippen molar-refractivity contribution in [1.29, 1.82) is 0 Å². The highest BCUT2D eigenvalue weighted by Crippen LogP contribution is 2.35. The number of carbonyl (C=O) groups is 1. The predicted molar refractivity (Wildman–Crippen MR) is 152 cm³/mol. The Morgan fingerprint density at radius 3 is 1.62 bits per heavy atom. The van der Waals surface area contributed by atoms with E-state index >= 15 is 0 Å². The molecule has 5 nitrogen and oxygen atoms in total. The number of ether oxygens (including phenoxy) is 3. The van der Waals surface area contributed by atoms with Gasteiger partial charge < -0.3 is 19.3 Å². The summed E-state index contributed by atoms with van der Waals surface area (Å²) in [5.41, 5.74) is 0. The van der Waals surface area contributed by atoms with Crippen LogP contribution in [-0.4, -0.2) is 47.7 Å². The summed E-state index contributed by atoms with van der Waals surface area (Å²) in [6, 6.07) is 0. The van der Waals surface area contributed by atoms with Gasteiger partial charge in [0.25, 0.3) is 0 Å². The molecule has 6 atom stereocenters. The van der Waals surface area contributed by atoms with Gasteiger partial charge in [-0.05, 0) is 44.9 Å². The molecule has 2 rings (SSSR count). The molecule has 0 aromatic rings. The molecule has 0 bridgehead atoms. The van der Waals surface area contributed by atoms with Crippen LogP contribution in [-0.2, 0) is 19.0 Å². The summed E-state index contributed by atoms with van der Waals surface area (Å²) < 4.78 is 18.4. The molecular weight excluding hydrogens is 464 g/mol. The number of rotatable bonds is 22. The number of esters is 1. The standard InChI is InChI=1S/C32H60O5/c1-4-6-8-10-12-14-16-18-20-27(34)28-22-23-31(36-28)32-25-24-30(37-32)29(35-26(3)33)21-19-17-15-13-11-9-7-5-2/h27-32,34H,4-25H2,1-3H3/t27-,28-,29-,30-,31-,32-/m1/s1. The first kappa shape index (κ1) is 32.6. The largest absolute Gasteiger partial charge is 0.460 e. The summed E-state index contributed by atoms with van der Waals surface area (Å²) in [4.78, 5) is 11.8. The van der Waals surface area contributed by atoms with Crippen LogP contribution < -0.4 is 0 Å². The molecule has 2 heterocycles. The third kappa shape index (κ3) is 13.8. The molecule has 2 aliphatic rings. The van der Waals surface area contributed by atoms with E-state index in [2.05, 4.69) is 13.8 Å². The molecule has 5 heteroatoms. The molecular formula is C32H60O5. The van der Waals surface area contributed by atoms with Crippen LogP contribution in [0.1, 0.15) is 162 Å². The number of carbonyl (C=O) groups excluding carboxylic acids is 1. The van der Waals surface area contributed by atoms with Gasteiger partial charge in [0.1, 0.15) is 6.10 Å². The van der Waals surface area contributed by atoms with Gasteiger partial charge in [-0.3, -0.25) is 4.79 Å². The zero-order valence-electron chi connectivity index (χ0n) is 24.6. The second-order valence-electron chi connectivity index (χ2n) is 11.8. The first-order valence-electron chi connectivity index (χ1n) is 16.2. The molecule has 37 heavy (non-hydrogen) atoms. The fourth-order valence-electron chi connectivity index (χ4n) is 6.17. The van der Waals surface area contributed by atoms with E-state index < -0.39 is 0 Å². The van der Waals surface area contributed by atoms with E-state index in [-0.39, 0.29) is 42.6 Å². The lowest BCUT2D eigenvalue weighted by atomic mass is 10.0. The Morgan fingerprint density at radius 2 is 1.11 bits per heavy atom. The van der Waals surface area contributed by atoms with Crippen molar-refractivity contribution in [3.05, 3.63) is 0 Å². The molecule has 218 valence electrons. The number of aliphatic hydroxyl groups excluding tert-OH is 1. The maximum absolute atomic E-state index is 11.8. The third-order valence-corrected chi connectivity index (χ3v) is 8.44. The number of aliphatic hydroxyl groups is 1. The Kier molecular flexibility index (Phi) is 17.8. The molecule has 2 aliphatic heterocycles. The van der Waals surface area contributed by atoms with Crippen molar-refractivity contribution < 1.29 is 24.1 Å². The zero-order chi connectivity index (χ0) is 26.7. The van der Waals surface area contributed by atoms with E-state index in [1.807, 2.05) is 0 Å². The number of hydrogen-bond acceptors (Lipinski definition) is 5. The molecule has 0 unspecified atom stereocenters. The molecule has 0 aliphatic carbocycles. The van der Waals surface area contributed by atoms with Gasteiger partial charge in [0.15, 0.2) is 0 Å². The highest BCUT2D eigenvalue weighted by atomic mass is 16.6. The fraction of sp³-hybridized carbons (Fsp3) is 0.969. The molecule has 2 saturated heterocycles. The Hall–Kier alpha value is -0.650. The van der Waals surface area contributed by atoms with Crippen molar-refractivity contribution in [1.82, 2.24) is 0 Å². The van der Waals surface area contributed by atoms with Gasteiger partial charge >= 0.3 is 5.97 Å². The van der Waals surface area contributed by atoms with Gasteiger partial charge in [0, 0.05) is 6.92 Å². The summed E-state index contributed by atoms with van der Waals surface area (Å²) in [6.07, 6.45) is 25.5. The number of unbranched alkanes of at least 4 members (excludes halogenated alkanes) is 14. The third-order valence-electron chi connectivity index (χ3n) is 8.44. The lowest BCUT2D eigenvalue weighted by Gasteiger charge is -2.26. The first-order chi connectivity index (χ1) is 18.0. The fourth-order valence-corrected chi connectivity index (χ4v) is 6.17. The van der Waals surface area contributed by atoms with E-state index in [0.717, 1.165) is 51.4 Å². The van der Waals surface area contributed by atoms with Crippen molar-refractivity contribution in [2.24, 2.45) is 0 Å². The van der Waals surface area contributed by atoms with Crippen LogP contribution in [0.25, 0.3) is 0 Å². The van der Waals surface area contributed by atoms with Crippen LogP contribution in [0.4, 0.5) is 0 Å². The molecule has 1 N–H and O–H groups in total. The monoisotopic (exact) mass is 524 g/mol. The van der Waals surface area contributed by atoms with Gasteiger partial charge in [0.2, 0.25) is 0 Å². The van der Waals surface area contributed by atoms with Gasteiger partial charge in [-0.25, -0.2) is 0 Å². The second-order valence-corrected chi connectivity index (χ2v) is 11.8. The highest BCUT2D eigenvalue weighted by Gasteiger charge is 2.41. The maximum atomic E-state index is 11.8. The minimum absolute atomic E-state index is 0.0247. The quantitative estimate of drug-likeness (QED) is 0.114. The molecule has 0 spiro atoms. The Bertz CT molecular complexity index is 567. The maximum Gasteiger partial charge on any atom is 0.302 e. The minimum Gasteiger partial charge on any atom is -0.460 e. The lowest BCUT2D eigenvalue weighted by molar-refractivity contribution is -0.158.